The number of hydrogen-bond acceptors (Lipinski definition) is 4. The van der Waals surface area contributed by atoms with Crippen LogP contribution in [0, 0.1) is 22.7 Å². The number of nitrogens with zero attached hydrogens (tertiary/aromatic N) is 1. The Morgan fingerprint density at radius 3 is 2.17 bits per heavy atom. The lowest BCUT2D eigenvalue weighted by molar-refractivity contribution is -0.115. The van der Waals surface area contributed by atoms with Gasteiger partial charge in [0.15, 0.2) is 0 Å². The molecule has 2 aromatic carbocycles. The molecule has 1 heterocycles. The van der Waals surface area contributed by atoms with Crippen LogP contribution in [0.2, 0.25) is 0 Å². The average molecular weight is 554 g/mol. The Morgan fingerprint density at radius 1 is 0.829 bits per heavy atom. The summed E-state index contributed by atoms with van der Waals surface area (Å²) in [5, 5.41) is 35.6. The molecule has 0 aromatic heterocycles. The van der Waals surface area contributed by atoms with Crippen LogP contribution in [0.4, 0.5) is 0 Å². The summed E-state index contributed by atoms with van der Waals surface area (Å²) < 4.78 is 0. The van der Waals surface area contributed by atoms with E-state index < -0.39 is 11.2 Å². The fraction of sp³-hybridized carbons (Fsp3) is 0.568. The summed E-state index contributed by atoms with van der Waals surface area (Å²) in [6.07, 6.45) is 13.2. The zero-order chi connectivity index (χ0) is 28.5. The molecule has 2 aromatic rings. The predicted octanol–water partition coefficient (Wildman–Crippen LogP) is 6.36. The second-order valence-electron chi connectivity index (χ2n) is 14.4. The second kappa shape index (κ2) is 9.91. The molecule has 4 heteroatoms. The third kappa shape index (κ3) is 4.08. The van der Waals surface area contributed by atoms with Crippen molar-refractivity contribution in [1.29, 1.82) is 0 Å². The molecule has 3 N–H and O–H groups in total. The maximum atomic E-state index is 12.7. The summed E-state index contributed by atoms with van der Waals surface area (Å²) in [4.78, 5) is 2.43. The van der Waals surface area contributed by atoms with E-state index in [4.69, 9.17) is 0 Å². The van der Waals surface area contributed by atoms with Gasteiger partial charge < -0.3 is 15.3 Å². The fourth-order valence-electron chi connectivity index (χ4n) is 10.1. The number of rotatable bonds is 5. The number of aliphatic hydroxyl groups is 3. The van der Waals surface area contributed by atoms with Crippen LogP contribution in [0.3, 0.4) is 0 Å². The lowest BCUT2D eigenvalue weighted by Crippen LogP contribution is -2.58. The number of likely N-dealkylation sites (tertiary alicyclic amines) is 1. The maximum absolute atomic E-state index is 12.7. The van der Waals surface area contributed by atoms with E-state index in [-0.39, 0.29) is 23.0 Å². The van der Waals surface area contributed by atoms with Crippen LogP contribution >= 0.6 is 0 Å². The number of benzene rings is 2. The molecular formula is C37H47NO3. The smallest absolute Gasteiger partial charge is 0.130 e. The van der Waals surface area contributed by atoms with Crippen molar-refractivity contribution >= 4 is 0 Å². The molecule has 5 aliphatic rings. The third-order valence-corrected chi connectivity index (χ3v) is 12.6. The topological polar surface area (TPSA) is 63.9 Å². The van der Waals surface area contributed by atoms with Crippen LogP contribution < -0.4 is 0 Å². The molecule has 0 amide bonds. The van der Waals surface area contributed by atoms with E-state index >= 15 is 0 Å². The lowest BCUT2D eigenvalue weighted by atomic mass is 9.50. The molecule has 1 saturated heterocycles. The van der Waals surface area contributed by atoms with Gasteiger partial charge in [0.2, 0.25) is 0 Å². The summed E-state index contributed by atoms with van der Waals surface area (Å²) >= 11 is 0. The van der Waals surface area contributed by atoms with Gasteiger partial charge in [-0.3, -0.25) is 4.90 Å². The van der Waals surface area contributed by atoms with E-state index in [0.29, 0.717) is 18.4 Å². The number of hydrogen-bond donors (Lipinski definition) is 3. The van der Waals surface area contributed by atoms with E-state index in [2.05, 4.69) is 55.2 Å². The van der Waals surface area contributed by atoms with Crippen LogP contribution in [0.15, 0.2) is 84.0 Å². The van der Waals surface area contributed by atoms with Crippen LogP contribution in [0.1, 0.15) is 82.8 Å². The van der Waals surface area contributed by atoms with Gasteiger partial charge in [0.05, 0.1) is 11.7 Å². The van der Waals surface area contributed by atoms with Crippen molar-refractivity contribution < 1.29 is 15.3 Å². The zero-order valence-electron chi connectivity index (χ0n) is 24.8. The minimum absolute atomic E-state index is 0.0951. The summed E-state index contributed by atoms with van der Waals surface area (Å²) in [7, 11) is 0. The molecule has 218 valence electrons. The lowest BCUT2D eigenvalue weighted by Gasteiger charge is -2.56. The molecule has 7 rings (SSSR count). The third-order valence-electron chi connectivity index (χ3n) is 12.6. The largest absolute Gasteiger partial charge is 0.393 e. The van der Waals surface area contributed by atoms with E-state index in [1.807, 2.05) is 36.4 Å². The number of aliphatic hydroxyl groups excluding tert-OH is 1. The molecule has 41 heavy (non-hydrogen) atoms. The molecule has 4 fully saturated rings. The molecule has 4 nitrogen and oxygen atoms in total. The number of β-amino-alcohol motifs (C(OH)–C–C–N with tert-alkyl or cyclic N) is 1. The van der Waals surface area contributed by atoms with Crippen LogP contribution in [0.5, 0.6) is 0 Å². The van der Waals surface area contributed by atoms with Gasteiger partial charge in [-0.2, -0.15) is 0 Å². The molecule has 3 saturated carbocycles. The van der Waals surface area contributed by atoms with Crippen molar-refractivity contribution in [2.24, 2.45) is 22.7 Å². The quantitative estimate of drug-likeness (QED) is 0.403. The Labute approximate surface area is 245 Å². The first-order valence-corrected chi connectivity index (χ1v) is 16.1. The number of fused-ring (bicyclic) bond motifs is 5. The van der Waals surface area contributed by atoms with Gasteiger partial charge in [0, 0.05) is 18.0 Å². The maximum Gasteiger partial charge on any atom is 0.130 e. The van der Waals surface area contributed by atoms with Crippen molar-refractivity contribution in [3.05, 3.63) is 95.1 Å². The van der Waals surface area contributed by atoms with Gasteiger partial charge in [0.25, 0.3) is 0 Å². The predicted molar refractivity (Wildman–Crippen MR) is 163 cm³/mol. The second-order valence-corrected chi connectivity index (χ2v) is 14.4. The highest BCUT2D eigenvalue weighted by atomic mass is 16.3. The van der Waals surface area contributed by atoms with Gasteiger partial charge in [-0.1, -0.05) is 97.8 Å². The van der Waals surface area contributed by atoms with Crippen molar-refractivity contribution in [3.8, 4) is 0 Å². The van der Waals surface area contributed by atoms with Crippen molar-refractivity contribution in [3.63, 3.8) is 0 Å². The molecule has 7 atom stereocenters. The highest BCUT2D eigenvalue weighted by Crippen LogP contribution is 2.66. The Bertz CT molecular complexity index is 1300. The van der Waals surface area contributed by atoms with E-state index in [1.54, 1.807) is 5.57 Å². The van der Waals surface area contributed by atoms with Crippen molar-refractivity contribution in [2.75, 3.05) is 13.1 Å². The summed E-state index contributed by atoms with van der Waals surface area (Å²) in [5.41, 5.74) is 2.86. The standard InChI is InChI=1S/C37H47NO3/c1-34-20-17-29(39)24-28(34)15-16-30-31(34)18-21-35(2)32(30)19-22-36(35,40)25-38-23-9-14-33(38)37(41,26-10-5-3-6-11-26)27-12-7-4-8-13-27/h3-8,10-13,15-16,29,31-33,39-41H,9,14,17-25H2,1-2H3/t29-,31-,32-,33+,34-,35-,36+/m0/s1. The Morgan fingerprint density at radius 2 is 1.49 bits per heavy atom. The van der Waals surface area contributed by atoms with Crippen molar-refractivity contribution in [1.82, 2.24) is 4.90 Å². The Balaban J connectivity index is 1.20. The highest BCUT2D eigenvalue weighted by molar-refractivity contribution is 5.41. The first-order chi connectivity index (χ1) is 19.7. The Kier molecular flexibility index (Phi) is 6.67. The monoisotopic (exact) mass is 553 g/mol. The number of allylic oxidation sites excluding steroid dienone is 3. The first kappa shape index (κ1) is 27.6. The van der Waals surface area contributed by atoms with E-state index in [1.165, 1.54) is 5.57 Å². The molecular weight excluding hydrogens is 506 g/mol. The minimum atomic E-state index is -1.14. The molecule has 0 radical (unpaired) electrons. The average Bonchev–Trinajstić information content (AvgIpc) is 3.55. The van der Waals surface area contributed by atoms with Crippen molar-refractivity contribution in [2.45, 2.75) is 95.0 Å². The van der Waals surface area contributed by atoms with Gasteiger partial charge in [-0.25, -0.2) is 0 Å². The minimum Gasteiger partial charge on any atom is -0.393 e. The van der Waals surface area contributed by atoms with Gasteiger partial charge in [-0.05, 0) is 92.7 Å². The normalized spacial score (nSPS) is 39.0. The van der Waals surface area contributed by atoms with E-state index in [9.17, 15) is 15.3 Å². The van der Waals surface area contributed by atoms with Gasteiger partial charge in [0.1, 0.15) is 5.60 Å². The van der Waals surface area contributed by atoms with Gasteiger partial charge in [-0.15, -0.1) is 0 Å². The van der Waals surface area contributed by atoms with Gasteiger partial charge >= 0.3 is 0 Å². The van der Waals surface area contributed by atoms with Crippen LogP contribution in [-0.2, 0) is 5.60 Å². The summed E-state index contributed by atoms with van der Waals surface area (Å²) in [6, 6.07) is 20.2. The summed E-state index contributed by atoms with van der Waals surface area (Å²) in [6.45, 7) is 6.30. The van der Waals surface area contributed by atoms with Crippen LogP contribution in [0.25, 0.3) is 0 Å². The van der Waals surface area contributed by atoms with E-state index in [0.717, 1.165) is 75.5 Å². The molecule has 0 bridgehead atoms. The zero-order valence-corrected chi connectivity index (χ0v) is 24.8. The Hall–Kier alpha value is -2.24. The fourth-order valence-corrected chi connectivity index (χ4v) is 10.1. The molecule has 0 unspecified atom stereocenters. The first-order valence-electron chi connectivity index (χ1n) is 16.1. The van der Waals surface area contributed by atoms with Crippen LogP contribution in [-0.4, -0.2) is 51.1 Å². The molecule has 4 aliphatic carbocycles. The summed E-state index contributed by atoms with van der Waals surface area (Å²) in [5.74, 6) is 0.909. The molecule has 1 aliphatic heterocycles. The molecule has 0 spiro atoms. The highest BCUT2D eigenvalue weighted by Gasteiger charge is 2.63. The SMILES string of the molecule is C[C@]12CC[C@H](O)CC1=CC=C1[C@@H]2CC[C@@]2(C)[C@H]1CC[C@@]2(O)CN1CCC[C@@H]1C(O)(c1ccccc1)c1ccccc1.